The van der Waals surface area contributed by atoms with E-state index in [1.54, 1.807) is 0 Å². The van der Waals surface area contributed by atoms with Crippen molar-refractivity contribution in [3.63, 3.8) is 0 Å². The third-order valence-electron chi connectivity index (χ3n) is 24.1. The minimum Gasteiger partial charge on any atom is -0.462 e. The van der Waals surface area contributed by atoms with Crippen molar-refractivity contribution in [3.8, 4) is 0 Å². The summed E-state index contributed by atoms with van der Waals surface area (Å²) < 4.78 is 49.0. The van der Waals surface area contributed by atoms with Gasteiger partial charge in [0.15, 0.2) is 18.7 Å². The summed E-state index contributed by atoms with van der Waals surface area (Å²) in [4.78, 5) is 106. The van der Waals surface area contributed by atoms with E-state index in [4.69, 9.17) is 37.7 Å². The number of aliphatic hydroxyl groups is 4. The van der Waals surface area contributed by atoms with Crippen LogP contribution in [0.25, 0.3) is 0 Å². The SMILES string of the molecule is CCCCCCCCCCCCCCCC(=O)O[C@H](CCCCCCCCCCC)CC(=O)NC1C(O)OC(COC2OC(CO)C(OP(O)O)C(OC(=O)C[C@@H](CCCCCCCCCCC)OC(=O)CCCCCCCCCCCCC)C2NC(=O)C[C@@H](CCCCCCCCCCC)OC(=O)CCCCCCCCCCC)C(O)C1O. The predicted octanol–water partition coefficient (Wildman–Crippen LogP) is 22.4. The molecule has 0 bridgehead atoms. The monoisotopic (exact) mass is 1710 g/mol. The highest BCUT2D eigenvalue weighted by Gasteiger charge is 2.53. The van der Waals surface area contributed by atoms with Crippen molar-refractivity contribution in [1.29, 1.82) is 0 Å². The number of hydrogen-bond acceptors (Lipinski definition) is 20. The zero-order valence-corrected chi connectivity index (χ0v) is 77.5. The average Bonchev–Trinajstić information content (AvgIpc) is 0.770. The van der Waals surface area contributed by atoms with E-state index in [0.717, 1.165) is 180 Å². The third-order valence-corrected chi connectivity index (χ3v) is 24.5. The molecule has 0 aliphatic carbocycles. The lowest BCUT2D eigenvalue weighted by atomic mass is 9.95. The molecule has 0 radical (unpaired) electrons. The third kappa shape index (κ3) is 60.2. The maximum absolute atomic E-state index is 15.0. The Morgan fingerprint density at radius 1 is 0.328 bits per heavy atom. The zero-order valence-electron chi connectivity index (χ0n) is 76.6. The smallest absolute Gasteiger partial charge is 0.327 e. The van der Waals surface area contributed by atoms with E-state index >= 15 is 0 Å². The average molecular weight is 1710 g/mol. The Morgan fingerprint density at radius 3 is 0.899 bits per heavy atom. The first kappa shape index (κ1) is 112. The van der Waals surface area contributed by atoms with E-state index in [9.17, 15) is 59.0 Å². The molecule has 0 aromatic rings. The van der Waals surface area contributed by atoms with Gasteiger partial charge in [-0.2, -0.15) is 0 Å². The van der Waals surface area contributed by atoms with E-state index in [1.807, 2.05) is 0 Å². The molecule has 2 aliphatic rings. The molecular weight excluding hydrogens is 1530 g/mol. The van der Waals surface area contributed by atoms with Crippen molar-refractivity contribution in [2.75, 3.05) is 13.2 Å². The summed E-state index contributed by atoms with van der Waals surface area (Å²) in [6, 6.07) is -3.20. The molecule has 2 fully saturated rings. The second kappa shape index (κ2) is 78.3. The fourth-order valence-electron chi connectivity index (χ4n) is 16.6. The van der Waals surface area contributed by atoms with Crippen LogP contribution in [0.4, 0.5) is 0 Å². The molecule has 13 atom stereocenters. The molecule has 0 aromatic carbocycles. The molecule has 23 heteroatoms. The van der Waals surface area contributed by atoms with E-state index < -0.39 is 138 Å². The van der Waals surface area contributed by atoms with Crippen molar-refractivity contribution in [2.45, 2.75) is 564 Å². The highest BCUT2D eigenvalue weighted by Crippen LogP contribution is 2.37. The van der Waals surface area contributed by atoms with Crippen LogP contribution in [0, 0.1) is 0 Å². The Hall–Kier alpha value is -3.15. The molecule has 10 unspecified atom stereocenters. The second-order valence-electron chi connectivity index (χ2n) is 35.2. The molecule has 2 amide bonds. The minimum absolute atomic E-state index is 0.160. The van der Waals surface area contributed by atoms with Crippen LogP contribution in [-0.2, 0) is 66.4 Å². The highest BCUT2D eigenvalue weighted by molar-refractivity contribution is 7.39. The number of hydrogen-bond donors (Lipinski definition) is 8. The van der Waals surface area contributed by atoms with Gasteiger partial charge in [-0.3, -0.25) is 28.8 Å². The molecule has 8 N–H and O–H groups in total. The fraction of sp³-hybridized carbons (Fsp3) is 0.938. The van der Waals surface area contributed by atoms with Crippen molar-refractivity contribution in [3.05, 3.63) is 0 Å². The molecule has 22 nitrogen and oxygen atoms in total. The van der Waals surface area contributed by atoms with Crippen LogP contribution < -0.4 is 10.6 Å². The number of ether oxygens (including phenoxy) is 7. The molecule has 0 aromatic heterocycles. The summed E-state index contributed by atoms with van der Waals surface area (Å²) >= 11 is 0. The predicted molar refractivity (Wildman–Crippen MR) is 477 cm³/mol. The Balaban J connectivity index is 2.53. The van der Waals surface area contributed by atoms with Crippen LogP contribution in [0.15, 0.2) is 0 Å². The molecule has 700 valence electrons. The van der Waals surface area contributed by atoms with Crippen LogP contribution in [0.2, 0.25) is 0 Å². The Bertz CT molecular complexity index is 2400. The Morgan fingerprint density at radius 2 is 0.605 bits per heavy atom. The summed E-state index contributed by atoms with van der Waals surface area (Å²) in [6.07, 6.45) is 49.3. The van der Waals surface area contributed by atoms with Gasteiger partial charge in [0.1, 0.15) is 60.9 Å². The Labute approximate surface area is 725 Å². The second-order valence-corrected chi connectivity index (χ2v) is 35.9. The largest absolute Gasteiger partial charge is 0.462 e. The molecule has 119 heavy (non-hydrogen) atoms. The minimum atomic E-state index is -3.27. The van der Waals surface area contributed by atoms with Crippen LogP contribution >= 0.6 is 8.60 Å². The lowest BCUT2D eigenvalue weighted by molar-refractivity contribution is -0.297. The van der Waals surface area contributed by atoms with E-state index in [1.165, 1.54) is 173 Å². The number of esters is 4. The van der Waals surface area contributed by atoms with Crippen molar-refractivity contribution in [2.24, 2.45) is 0 Å². The first-order valence-corrected chi connectivity index (χ1v) is 50.9. The number of carbonyl (C=O) groups excluding carboxylic acids is 6. The zero-order chi connectivity index (χ0) is 86.8. The van der Waals surface area contributed by atoms with Gasteiger partial charge >= 0.3 is 32.5 Å². The number of nitrogens with one attached hydrogen (secondary N) is 2. The summed E-state index contributed by atoms with van der Waals surface area (Å²) in [5.74, 6) is -3.55. The van der Waals surface area contributed by atoms with Crippen molar-refractivity contribution < 1.29 is 96.7 Å². The first-order valence-electron chi connectivity index (χ1n) is 49.7. The standard InChI is InChI=1S/C96H181N2O20P/c1-7-13-19-25-31-37-39-40-42-48-54-59-65-70-85(102)112-78(67-61-55-49-43-33-27-21-15-9-3)73-83(100)97-89-92(107)91(106)82(115-95(89)108)77-111-96-90(98-84(101)74-79(68-62-56-50-44-34-28-22-16-10-4)113-86(103)71-64-58-52-46-36-30-24-18-12-6)94(93(118-119(109)110)81(76-99)116-96)117-88(105)75-80(69-63-57-51-45-35-29-23-17-11-5)114-87(104)72-66-60-53-47-41-38-32-26-20-14-8-2/h78-82,89-96,99,106-110H,7-77H2,1-6H3,(H,97,100)(H,98,101)/t78-,79-,80-,81?,82?,89?,90?,91?,92?,93?,94?,95?,96?/m1/s1. The maximum atomic E-state index is 15.0. The van der Waals surface area contributed by atoms with E-state index in [2.05, 4.69) is 52.2 Å². The molecular formula is C96H181N2O20P. The summed E-state index contributed by atoms with van der Waals surface area (Å²) in [6.45, 7) is 11.7. The van der Waals surface area contributed by atoms with Crippen LogP contribution in [0.1, 0.15) is 485 Å². The lowest BCUT2D eigenvalue weighted by Gasteiger charge is -2.46. The summed E-state index contributed by atoms with van der Waals surface area (Å²) in [5, 5.41) is 52.0. The number of aliphatic hydroxyl groups excluding tert-OH is 4. The van der Waals surface area contributed by atoms with E-state index in [-0.39, 0.29) is 38.1 Å². The lowest BCUT2D eigenvalue weighted by Crippen LogP contribution is -2.67. The number of carbonyl (C=O) groups is 6. The van der Waals surface area contributed by atoms with Gasteiger partial charge in [0.2, 0.25) is 11.8 Å². The fourth-order valence-corrected chi connectivity index (χ4v) is 17.1. The first-order chi connectivity index (χ1) is 57.9. The topological polar surface area (TPSA) is 322 Å². The number of rotatable bonds is 84. The molecule has 2 heterocycles. The Kier molecular flexibility index (Phi) is 73.7. The maximum Gasteiger partial charge on any atom is 0.327 e. The van der Waals surface area contributed by atoms with Gasteiger partial charge in [-0.25, -0.2) is 0 Å². The van der Waals surface area contributed by atoms with E-state index in [0.29, 0.717) is 51.4 Å². The van der Waals surface area contributed by atoms with Gasteiger partial charge in [0, 0.05) is 19.3 Å². The van der Waals surface area contributed by atoms with Crippen molar-refractivity contribution >= 4 is 44.3 Å². The van der Waals surface area contributed by atoms with Crippen LogP contribution in [-0.4, -0.2) is 159 Å². The normalized spacial score (nSPS) is 20.1. The molecule has 2 saturated heterocycles. The molecule has 0 spiro atoms. The van der Waals surface area contributed by atoms with Gasteiger partial charge in [-0.1, -0.05) is 388 Å². The van der Waals surface area contributed by atoms with Gasteiger partial charge < -0.3 is 78.5 Å². The summed E-state index contributed by atoms with van der Waals surface area (Å²) in [5.41, 5.74) is 0. The van der Waals surface area contributed by atoms with Gasteiger partial charge in [0.25, 0.3) is 0 Å². The molecule has 0 saturated carbocycles. The molecule has 2 rings (SSSR count). The number of unbranched alkanes of at least 4 members (excludes halogenated alkanes) is 54. The van der Waals surface area contributed by atoms with Gasteiger partial charge in [0.05, 0.1) is 32.5 Å². The van der Waals surface area contributed by atoms with Gasteiger partial charge in [-0.05, 0) is 57.8 Å². The highest BCUT2D eigenvalue weighted by atomic mass is 31.2. The molecule has 2 aliphatic heterocycles. The number of amides is 2. The van der Waals surface area contributed by atoms with Crippen molar-refractivity contribution in [1.82, 2.24) is 10.6 Å². The quantitative estimate of drug-likeness (QED) is 0.0121. The van der Waals surface area contributed by atoms with Crippen LogP contribution in [0.3, 0.4) is 0 Å². The summed E-state index contributed by atoms with van der Waals surface area (Å²) in [7, 11) is -3.27. The van der Waals surface area contributed by atoms with Crippen LogP contribution in [0.5, 0.6) is 0 Å². The van der Waals surface area contributed by atoms with Gasteiger partial charge in [-0.15, -0.1) is 0 Å².